The molecule has 0 aliphatic carbocycles. The number of carboxylic acid groups (broad SMARTS) is 1. The van der Waals surface area contributed by atoms with Gasteiger partial charge in [0.2, 0.25) is 0 Å². The van der Waals surface area contributed by atoms with Gasteiger partial charge in [0.25, 0.3) is 0 Å². The number of carbonyl (C=O) groups excluding carboxylic acids is 1. The van der Waals surface area contributed by atoms with E-state index in [1.807, 2.05) is 20.8 Å². The van der Waals surface area contributed by atoms with Crippen LogP contribution in [0, 0.1) is 0 Å². The first kappa shape index (κ1) is 14.8. The number of nitrogens with zero attached hydrogens (tertiary/aromatic N) is 1. The summed E-state index contributed by atoms with van der Waals surface area (Å²) in [5, 5.41) is 12.1. The van der Waals surface area contributed by atoms with E-state index in [4.69, 9.17) is 5.11 Å². The molecule has 0 aromatic heterocycles. The van der Waals surface area contributed by atoms with Crippen molar-refractivity contribution in [2.24, 2.45) is 0 Å². The molecule has 0 saturated carbocycles. The largest absolute Gasteiger partial charge is 0.480 e. The van der Waals surface area contributed by atoms with Gasteiger partial charge in [-0.05, 0) is 32.1 Å². The van der Waals surface area contributed by atoms with Gasteiger partial charge < -0.3 is 15.3 Å². The van der Waals surface area contributed by atoms with E-state index in [1.165, 1.54) is 4.90 Å². The van der Waals surface area contributed by atoms with E-state index < -0.39 is 12.0 Å². The number of rotatable bonds is 5. The fourth-order valence-corrected chi connectivity index (χ4v) is 2.58. The van der Waals surface area contributed by atoms with Crippen molar-refractivity contribution in [3.05, 3.63) is 0 Å². The molecule has 5 nitrogen and oxygen atoms in total. The molecule has 1 heterocycles. The minimum atomic E-state index is -0.905. The Morgan fingerprint density at radius 1 is 1.28 bits per heavy atom. The van der Waals surface area contributed by atoms with Crippen LogP contribution in [0.1, 0.15) is 52.9 Å². The maximum Gasteiger partial charge on any atom is 0.326 e. The first-order valence-electron chi connectivity index (χ1n) is 6.81. The molecular formula is C13H24N2O3. The van der Waals surface area contributed by atoms with E-state index in [0.29, 0.717) is 13.0 Å². The number of urea groups is 1. The Morgan fingerprint density at radius 2 is 1.83 bits per heavy atom. The normalized spacial score (nSPS) is 19.9. The van der Waals surface area contributed by atoms with Crippen LogP contribution in [0.25, 0.3) is 0 Å². The maximum atomic E-state index is 12.2. The van der Waals surface area contributed by atoms with Crippen molar-refractivity contribution in [2.45, 2.75) is 64.5 Å². The van der Waals surface area contributed by atoms with Crippen LogP contribution in [0.3, 0.4) is 0 Å². The van der Waals surface area contributed by atoms with E-state index in [-0.39, 0.29) is 11.6 Å². The van der Waals surface area contributed by atoms with Crippen LogP contribution in [0.5, 0.6) is 0 Å². The second-order valence-electron chi connectivity index (χ2n) is 4.96. The van der Waals surface area contributed by atoms with Gasteiger partial charge in [0, 0.05) is 12.1 Å². The molecule has 1 unspecified atom stereocenters. The molecule has 1 aliphatic rings. The predicted molar refractivity (Wildman–Crippen MR) is 69.5 cm³/mol. The van der Waals surface area contributed by atoms with Crippen molar-refractivity contribution in [3.8, 4) is 0 Å². The third-order valence-electron chi connectivity index (χ3n) is 4.20. The van der Waals surface area contributed by atoms with Crippen LogP contribution >= 0.6 is 0 Å². The Kier molecular flexibility index (Phi) is 4.99. The first-order chi connectivity index (χ1) is 8.49. The van der Waals surface area contributed by atoms with Crippen LogP contribution in [0.15, 0.2) is 0 Å². The lowest BCUT2D eigenvalue weighted by atomic mass is 9.90. The standard InChI is InChI=1S/C13H24N2O3/c1-4-13(5-2,6-3)14-12(18)15-9-7-8-10(15)11(16)17/h10H,4-9H2,1-3H3,(H,14,18)(H,16,17). The summed E-state index contributed by atoms with van der Waals surface area (Å²) in [6.45, 7) is 6.68. The summed E-state index contributed by atoms with van der Waals surface area (Å²) in [5.74, 6) is -0.905. The molecule has 0 radical (unpaired) electrons. The van der Waals surface area contributed by atoms with E-state index in [9.17, 15) is 9.59 Å². The number of aliphatic carboxylic acids is 1. The zero-order chi connectivity index (χ0) is 13.8. The molecular weight excluding hydrogens is 232 g/mol. The van der Waals surface area contributed by atoms with Crippen molar-refractivity contribution in [1.29, 1.82) is 0 Å². The summed E-state index contributed by atoms with van der Waals surface area (Å²) in [6, 6.07) is -0.890. The summed E-state index contributed by atoms with van der Waals surface area (Å²) >= 11 is 0. The number of carbonyl (C=O) groups is 2. The third-order valence-corrected chi connectivity index (χ3v) is 4.20. The topological polar surface area (TPSA) is 69.6 Å². The molecule has 1 atom stereocenters. The average molecular weight is 256 g/mol. The number of nitrogens with one attached hydrogen (secondary N) is 1. The van der Waals surface area contributed by atoms with Gasteiger partial charge in [-0.25, -0.2) is 9.59 Å². The molecule has 1 saturated heterocycles. The van der Waals surface area contributed by atoms with E-state index in [0.717, 1.165) is 25.7 Å². The van der Waals surface area contributed by atoms with E-state index >= 15 is 0 Å². The number of carboxylic acids is 1. The average Bonchev–Trinajstić information content (AvgIpc) is 2.85. The summed E-state index contributed by atoms with van der Waals surface area (Å²) in [5.41, 5.74) is -0.206. The molecule has 2 N–H and O–H groups in total. The quantitative estimate of drug-likeness (QED) is 0.792. The highest BCUT2D eigenvalue weighted by atomic mass is 16.4. The van der Waals surface area contributed by atoms with Gasteiger partial charge in [-0.3, -0.25) is 0 Å². The highest BCUT2D eigenvalue weighted by Crippen LogP contribution is 2.22. The SMILES string of the molecule is CCC(CC)(CC)NC(=O)N1CCCC1C(=O)O. The van der Waals surface area contributed by atoms with E-state index in [2.05, 4.69) is 5.32 Å². The smallest absolute Gasteiger partial charge is 0.326 e. The fraction of sp³-hybridized carbons (Fsp3) is 0.846. The minimum Gasteiger partial charge on any atom is -0.480 e. The number of hydrogen-bond donors (Lipinski definition) is 2. The molecule has 2 amide bonds. The first-order valence-corrected chi connectivity index (χ1v) is 6.81. The number of likely N-dealkylation sites (tertiary alicyclic amines) is 1. The molecule has 0 aromatic rings. The molecule has 1 aliphatic heterocycles. The zero-order valence-corrected chi connectivity index (χ0v) is 11.5. The molecule has 104 valence electrons. The van der Waals surface area contributed by atoms with Crippen LogP contribution < -0.4 is 5.32 Å². The molecule has 0 spiro atoms. The van der Waals surface area contributed by atoms with Gasteiger partial charge in [0.15, 0.2) is 0 Å². The fourth-order valence-electron chi connectivity index (χ4n) is 2.58. The summed E-state index contributed by atoms with van der Waals surface area (Å²) in [4.78, 5) is 24.7. The van der Waals surface area contributed by atoms with Crippen LogP contribution in [-0.4, -0.2) is 40.1 Å². The molecule has 5 heteroatoms. The van der Waals surface area contributed by atoms with Gasteiger partial charge in [-0.2, -0.15) is 0 Å². The van der Waals surface area contributed by atoms with Crippen LogP contribution in [0.2, 0.25) is 0 Å². The molecule has 1 fully saturated rings. The Labute approximate surface area is 109 Å². The number of hydrogen-bond acceptors (Lipinski definition) is 2. The highest BCUT2D eigenvalue weighted by molar-refractivity contribution is 5.83. The Hall–Kier alpha value is -1.26. The summed E-state index contributed by atoms with van der Waals surface area (Å²) < 4.78 is 0. The summed E-state index contributed by atoms with van der Waals surface area (Å²) in [6.07, 6.45) is 3.90. The van der Waals surface area contributed by atoms with Crippen molar-refractivity contribution in [2.75, 3.05) is 6.54 Å². The van der Waals surface area contributed by atoms with Gasteiger partial charge in [0.05, 0.1) is 0 Å². The second-order valence-corrected chi connectivity index (χ2v) is 4.96. The Morgan fingerprint density at radius 3 is 2.28 bits per heavy atom. The maximum absolute atomic E-state index is 12.2. The summed E-state index contributed by atoms with van der Waals surface area (Å²) in [7, 11) is 0. The lowest BCUT2D eigenvalue weighted by Crippen LogP contribution is -2.54. The molecule has 0 aromatic carbocycles. The van der Waals surface area contributed by atoms with Crippen molar-refractivity contribution >= 4 is 12.0 Å². The lowest BCUT2D eigenvalue weighted by Gasteiger charge is -2.34. The zero-order valence-electron chi connectivity index (χ0n) is 11.5. The lowest BCUT2D eigenvalue weighted by molar-refractivity contribution is -0.141. The van der Waals surface area contributed by atoms with Crippen molar-refractivity contribution < 1.29 is 14.7 Å². The van der Waals surface area contributed by atoms with Crippen LogP contribution in [-0.2, 0) is 4.79 Å². The Bertz CT molecular complexity index is 305. The molecule has 18 heavy (non-hydrogen) atoms. The van der Waals surface area contributed by atoms with Crippen molar-refractivity contribution in [3.63, 3.8) is 0 Å². The monoisotopic (exact) mass is 256 g/mol. The van der Waals surface area contributed by atoms with Gasteiger partial charge in [-0.1, -0.05) is 20.8 Å². The van der Waals surface area contributed by atoms with E-state index in [1.54, 1.807) is 0 Å². The third kappa shape index (κ3) is 2.94. The Balaban J connectivity index is 2.72. The highest BCUT2D eigenvalue weighted by Gasteiger charge is 2.36. The van der Waals surface area contributed by atoms with Gasteiger partial charge in [0.1, 0.15) is 6.04 Å². The molecule has 1 rings (SSSR count). The second kappa shape index (κ2) is 6.07. The minimum absolute atomic E-state index is 0.206. The predicted octanol–water partition coefficient (Wildman–Crippen LogP) is 2.21. The van der Waals surface area contributed by atoms with Gasteiger partial charge >= 0.3 is 12.0 Å². The van der Waals surface area contributed by atoms with Gasteiger partial charge in [-0.15, -0.1) is 0 Å². The van der Waals surface area contributed by atoms with Crippen molar-refractivity contribution in [1.82, 2.24) is 10.2 Å². The molecule has 0 bridgehead atoms. The van der Waals surface area contributed by atoms with Crippen LogP contribution in [0.4, 0.5) is 4.79 Å². The number of amides is 2.